The largest absolute Gasteiger partial charge is 0.388 e. The summed E-state index contributed by atoms with van der Waals surface area (Å²) in [4.78, 5) is 15.8. The lowest BCUT2D eigenvalue weighted by atomic mass is 10.1. The molecule has 0 aromatic carbocycles. The second-order valence-corrected chi connectivity index (χ2v) is 5.46. The van der Waals surface area contributed by atoms with E-state index in [0.717, 1.165) is 9.75 Å². The second-order valence-electron chi connectivity index (χ2n) is 4.17. The molecule has 5 heteroatoms. The number of hydrogen-bond donors (Lipinski definition) is 1. The minimum atomic E-state index is -0.569. The van der Waals surface area contributed by atoms with Crippen LogP contribution in [0.5, 0.6) is 0 Å². The molecule has 1 N–H and O–H groups in total. The maximum atomic E-state index is 12.3. The number of thiophene rings is 1. The minimum absolute atomic E-state index is 0.0137. The van der Waals surface area contributed by atoms with E-state index in [1.54, 1.807) is 4.90 Å². The summed E-state index contributed by atoms with van der Waals surface area (Å²) < 4.78 is 5.20. The quantitative estimate of drug-likeness (QED) is 0.885. The Morgan fingerprint density at radius 1 is 1.59 bits per heavy atom. The van der Waals surface area contributed by atoms with Crippen molar-refractivity contribution in [2.45, 2.75) is 26.0 Å². The topological polar surface area (TPSA) is 49.8 Å². The standard InChI is InChI=1S/C12H17NO3S/c1-3-13(9-6-16-7-10(9)14)12(15)11-5-4-8(2)17-11/h4-5,9-10,14H,3,6-7H2,1-2H3/t9-,10-/m1/s1. The van der Waals surface area contributed by atoms with Crippen molar-refractivity contribution >= 4 is 17.2 Å². The predicted molar refractivity (Wildman–Crippen MR) is 66.4 cm³/mol. The first-order chi connectivity index (χ1) is 8.13. The molecule has 0 spiro atoms. The van der Waals surface area contributed by atoms with Crippen LogP contribution in [0.25, 0.3) is 0 Å². The molecule has 0 saturated carbocycles. The highest BCUT2D eigenvalue weighted by atomic mass is 32.1. The lowest BCUT2D eigenvalue weighted by molar-refractivity contribution is 0.0525. The molecule has 17 heavy (non-hydrogen) atoms. The number of ether oxygens (including phenoxy) is 1. The Kier molecular flexibility index (Phi) is 3.81. The summed E-state index contributed by atoms with van der Waals surface area (Å²) in [6, 6.07) is 3.57. The molecule has 1 fully saturated rings. The first kappa shape index (κ1) is 12.5. The highest BCUT2D eigenvalue weighted by Crippen LogP contribution is 2.21. The van der Waals surface area contributed by atoms with Crippen LogP contribution in [-0.4, -0.2) is 47.8 Å². The van der Waals surface area contributed by atoms with Crippen LogP contribution in [0.3, 0.4) is 0 Å². The van der Waals surface area contributed by atoms with Crippen molar-refractivity contribution in [2.24, 2.45) is 0 Å². The lowest BCUT2D eigenvalue weighted by Gasteiger charge is -2.28. The normalized spacial score (nSPS) is 23.9. The van der Waals surface area contributed by atoms with E-state index >= 15 is 0 Å². The summed E-state index contributed by atoms with van der Waals surface area (Å²) in [7, 11) is 0. The Labute approximate surface area is 105 Å². The second kappa shape index (κ2) is 5.16. The van der Waals surface area contributed by atoms with E-state index in [0.29, 0.717) is 19.8 Å². The summed E-state index contributed by atoms with van der Waals surface area (Å²) in [5.74, 6) is -0.0137. The SMILES string of the molecule is CCN(C(=O)c1ccc(C)s1)[C@@H]1COC[C@H]1O. The molecule has 4 nitrogen and oxygen atoms in total. The number of nitrogens with zero attached hydrogens (tertiary/aromatic N) is 1. The Hall–Kier alpha value is -0.910. The zero-order chi connectivity index (χ0) is 12.4. The zero-order valence-electron chi connectivity index (χ0n) is 10.0. The van der Waals surface area contributed by atoms with Gasteiger partial charge in [0, 0.05) is 11.4 Å². The van der Waals surface area contributed by atoms with Gasteiger partial charge in [-0.15, -0.1) is 11.3 Å². The van der Waals surface area contributed by atoms with Crippen LogP contribution in [0.1, 0.15) is 21.5 Å². The molecule has 2 rings (SSSR count). The predicted octanol–water partition coefficient (Wildman–Crippen LogP) is 1.28. The smallest absolute Gasteiger partial charge is 0.264 e. The van der Waals surface area contributed by atoms with E-state index < -0.39 is 6.10 Å². The van der Waals surface area contributed by atoms with Crippen LogP contribution in [0.4, 0.5) is 0 Å². The Morgan fingerprint density at radius 2 is 2.35 bits per heavy atom. The van der Waals surface area contributed by atoms with E-state index in [9.17, 15) is 9.90 Å². The van der Waals surface area contributed by atoms with Crippen LogP contribution < -0.4 is 0 Å². The van der Waals surface area contributed by atoms with E-state index in [1.165, 1.54) is 11.3 Å². The van der Waals surface area contributed by atoms with Crippen molar-refractivity contribution in [1.29, 1.82) is 0 Å². The number of aryl methyl sites for hydroxylation is 1. The molecule has 0 radical (unpaired) electrons. The van der Waals surface area contributed by atoms with Gasteiger partial charge in [-0.1, -0.05) is 0 Å². The average molecular weight is 255 g/mol. The summed E-state index contributed by atoms with van der Waals surface area (Å²) in [5.41, 5.74) is 0. The van der Waals surface area contributed by atoms with Crippen molar-refractivity contribution < 1.29 is 14.6 Å². The van der Waals surface area contributed by atoms with Gasteiger partial charge in [-0.05, 0) is 26.0 Å². The van der Waals surface area contributed by atoms with E-state index in [-0.39, 0.29) is 11.9 Å². The van der Waals surface area contributed by atoms with Crippen molar-refractivity contribution in [3.8, 4) is 0 Å². The molecule has 1 amide bonds. The first-order valence-electron chi connectivity index (χ1n) is 5.76. The van der Waals surface area contributed by atoms with Gasteiger partial charge in [0.1, 0.15) is 0 Å². The van der Waals surface area contributed by atoms with Crippen LogP contribution in [-0.2, 0) is 4.74 Å². The van der Waals surface area contributed by atoms with Crippen LogP contribution in [0.2, 0.25) is 0 Å². The number of rotatable bonds is 3. The maximum Gasteiger partial charge on any atom is 0.264 e. The van der Waals surface area contributed by atoms with E-state index in [2.05, 4.69) is 0 Å². The number of likely N-dealkylation sites (N-methyl/N-ethyl adjacent to an activating group) is 1. The van der Waals surface area contributed by atoms with Gasteiger partial charge in [-0.3, -0.25) is 4.79 Å². The number of aliphatic hydroxyl groups is 1. The number of hydrogen-bond acceptors (Lipinski definition) is 4. The number of amides is 1. The fourth-order valence-electron chi connectivity index (χ4n) is 2.05. The van der Waals surface area contributed by atoms with Crippen molar-refractivity contribution in [2.75, 3.05) is 19.8 Å². The number of aliphatic hydroxyl groups excluding tert-OH is 1. The summed E-state index contributed by atoms with van der Waals surface area (Å²) in [6.45, 7) is 5.22. The average Bonchev–Trinajstić information content (AvgIpc) is 2.90. The molecule has 1 saturated heterocycles. The van der Waals surface area contributed by atoms with Gasteiger partial charge in [0.05, 0.1) is 30.2 Å². The zero-order valence-corrected chi connectivity index (χ0v) is 10.9. The minimum Gasteiger partial charge on any atom is -0.388 e. The fourth-order valence-corrected chi connectivity index (χ4v) is 2.87. The van der Waals surface area contributed by atoms with Crippen molar-refractivity contribution in [3.05, 3.63) is 21.9 Å². The first-order valence-corrected chi connectivity index (χ1v) is 6.58. The molecule has 1 aromatic heterocycles. The monoisotopic (exact) mass is 255 g/mol. The van der Waals surface area contributed by atoms with Gasteiger partial charge in [0.2, 0.25) is 0 Å². The molecule has 0 unspecified atom stereocenters. The highest BCUT2D eigenvalue weighted by Gasteiger charge is 2.34. The third-order valence-electron chi connectivity index (χ3n) is 2.97. The van der Waals surface area contributed by atoms with E-state index in [4.69, 9.17) is 4.74 Å². The third-order valence-corrected chi connectivity index (χ3v) is 3.96. The van der Waals surface area contributed by atoms with Gasteiger partial charge in [0.25, 0.3) is 5.91 Å². The number of carbonyl (C=O) groups is 1. The summed E-state index contributed by atoms with van der Waals surface area (Å²) in [6.07, 6.45) is -0.569. The van der Waals surface area contributed by atoms with Gasteiger partial charge < -0.3 is 14.7 Å². The molecular formula is C12H17NO3S. The Morgan fingerprint density at radius 3 is 2.82 bits per heavy atom. The molecule has 94 valence electrons. The molecule has 2 atom stereocenters. The Bertz CT molecular complexity index is 404. The lowest BCUT2D eigenvalue weighted by Crippen LogP contribution is -2.46. The van der Waals surface area contributed by atoms with Crippen LogP contribution >= 0.6 is 11.3 Å². The van der Waals surface area contributed by atoms with Crippen molar-refractivity contribution in [1.82, 2.24) is 4.90 Å². The fraction of sp³-hybridized carbons (Fsp3) is 0.583. The maximum absolute atomic E-state index is 12.3. The molecule has 1 aliphatic rings. The summed E-state index contributed by atoms with van der Waals surface area (Å²) >= 11 is 1.49. The molecule has 0 aliphatic carbocycles. The van der Waals surface area contributed by atoms with Gasteiger partial charge in [0.15, 0.2) is 0 Å². The Balaban J connectivity index is 2.15. The summed E-state index contributed by atoms with van der Waals surface area (Å²) in [5, 5.41) is 9.78. The third kappa shape index (κ3) is 2.51. The van der Waals surface area contributed by atoms with Gasteiger partial charge in [-0.2, -0.15) is 0 Å². The number of carbonyl (C=O) groups excluding carboxylic acids is 1. The highest BCUT2D eigenvalue weighted by molar-refractivity contribution is 7.13. The van der Waals surface area contributed by atoms with Gasteiger partial charge >= 0.3 is 0 Å². The van der Waals surface area contributed by atoms with Crippen molar-refractivity contribution in [3.63, 3.8) is 0 Å². The van der Waals surface area contributed by atoms with Gasteiger partial charge in [-0.25, -0.2) is 0 Å². The van der Waals surface area contributed by atoms with E-state index in [1.807, 2.05) is 26.0 Å². The molecule has 2 heterocycles. The van der Waals surface area contributed by atoms with Crippen LogP contribution in [0.15, 0.2) is 12.1 Å². The molecular weight excluding hydrogens is 238 g/mol. The molecule has 1 aromatic rings. The van der Waals surface area contributed by atoms with Crippen LogP contribution in [0, 0.1) is 6.92 Å². The molecule has 1 aliphatic heterocycles. The molecule has 0 bridgehead atoms.